The normalized spacial score (nSPS) is 28.5. The minimum absolute atomic E-state index is 0.0222. The van der Waals surface area contributed by atoms with Crippen molar-refractivity contribution in [1.82, 2.24) is 14.7 Å². The predicted molar refractivity (Wildman–Crippen MR) is 106 cm³/mol. The molecule has 0 unspecified atom stereocenters. The predicted octanol–water partition coefficient (Wildman–Crippen LogP) is 3.59. The van der Waals surface area contributed by atoms with Gasteiger partial charge in [0.15, 0.2) is 0 Å². The van der Waals surface area contributed by atoms with Crippen LogP contribution < -0.4 is 5.32 Å². The van der Waals surface area contributed by atoms with Crippen molar-refractivity contribution in [3.05, 3.63) is 11.8 Å². The topological polar surface area (TPSA) is 59.4 Å². The molecular formula is C21H32F2N4O2. The van der Waals surface area contributed by atoms with Crippen LogP contribution in [0, 0.1) is 5.92 Å². The van der Waals surface area contributed by atoms with E-state index >= 15 is 0 Å². The van der Waals surface area contributed by atoms with Crippen molar-refractivity contribution in [2.45, 2.75) is 82.9 Å². The Morgan fingerprint density at radius 3 is 2.59 bits per heavy atom. The van der Waals surface area contributed by atoms with Crippen molar-refractivity contribution < 1.29 is 18.3 Å². The van der Waals surface area contributed by atoms with E-state index in [4.69, 9.17) is 4.74 Å². The molecule has 2 fully saturated rings. The Morgan fingerprint density at radius 1 is 1.28 bits per heavy atom. The number of fused-ring (bicyclic) bond motifs is 1. The van der Waals surface area contributed by atoms with E-state index in [0.29, 0.717) is 31.9 Å². The summed E-state index contributed by atoms with van der Waals surface area (Å²) in [6.07, 6.45) is 1.02. The number of rotatable bonds is 3. The van der Waals surface area contributed by atoms with E-state index in [1.54, 1.807) is 0 Å². The molecule has 8 heteroatoms. The molecule has 0 radical (unpaired) electrons. The lowest BCUT2D eigenvalue weighted by Gasteiger charge is -2.40. The van der Waals surface area contributed by atoms with Gasteiger partial charge in [0, 0.05) is 37.2 Å². The van der Waals surface area contributed by atoms with Gasteiger partial charge in [-0.05, 0) is 38.0 Å². The third kappa shape index (κ3) is 4.13. The Labute approximate surface area is 171 Å². The Bertz CT molecular complexity index is 732. The fourth-order valence-electron chi connectivity index (χ4n) is 4.75. The Hall–Kier alpha value is -1.70. The molecule has 0 aromatic carbocycles. The first-order valence-corrected chi connectivity index (χ1v) is 10.8. The summed E-state index contributed by atoms with van der Waals surface area (Å²) in [6.45, 7) is 8.13. The molecule has 1 N–H and O–H groups in total. The molecule has 3 atom stereocenters. The van der Waals surface area contributed by atoms with E-state index in [-0.39, 0.29) is 29.4 Å². The molecule has 3 aliphatic rings. The number of carbonyl (C=O) groups excluding carboxylic acids is 1. The Morgan fingerprint density at radius 2 is 2.00 bits per heavy atom. The highest BCUT2D eigenvalue weighted by Crippen LogP contribution is 2.38. The molecule has 0 aliphatic carbocycles. The maximum atomic E-state index is 13.8. The minimum atomic E-state index is -2.45. The maximum Gasteiger partial charge on any atom is 0.260 e. The average Bonchev–Trinajstić information content (AvgIpc) is 3.36. The van der Waals surface area contributed by atoms with Gasteiger partial charge in [0.05, 0.1) is 5.69 Å². The molecule has 1 aromatic heterocycles. The summed E-state index contributed by atoms with van der Waals surface area (Å²) in [5.74, 6) is 1.05. The van der Waals surface area contributed by atoms with Crippen molar-refractivity contribution in [1.29, 1.82) is 0 Å². The van der Waals surface area contributed by atoms with Crippen LogP contribution in [0.5, 0.6) is 0 Å². The number of aromatic nitrogens is 2. The number of halogens is 2. The van der Waals surface area contributed by atoms with Crippen LogP contribution in [0.1, 0.15) is 64.6 Å². The molecule has 0 bridgehead atoms. The van der Waals surface area contributed by atoms with E-state index in [0.717, 1.165) is 31.4 Å². The van der Waals surface area contributed by atoms with Gasteiger partial charge in [-0.2, -0.15) is 5.10 Å². The van der Waals surface area contributed by atoms with Crippen molar-refractivity contribution in [3.63, 3.8) is 0 Å². The van der Waals surface area contributed by atoms with E-state index in [1.165, 1.54) is 4.68 Å². The molecule has 1 aromatic rings. The molecule has 6 nitrogen and oxygen atoms in total. The second kappa shape index (κ2) is 7.85. The highest BCUT2D eigenvalue weighted by molar-refractivity contribution is 5.81. The zero-order chi connectivity index (χ0) is 20.8. The molecule has 3 aliphatic heterocycles. The van der Waals surface area contributed by atoms with Gasteiger partial charge < -0.3 is 15.0 Å². The number of ether oxygens (including phenoxy) is 1. The Kier molecular flexibility index (Phi) is 5.57. The summed E-state index contributed by atoms with van der Waals surface area (Å²) in [6, 6.07) is 0.988. The SMILES string of the molecule is CC(C)(C)c1cc2n(n1)[C@@H](C(F)F)C[C@@H](C1CCN(C(=O)[C@@H]3CCCO3)CC1)N2. The second-order valence-electron chi connectivity index (χ2n) is 9.66. The number of hydrogen-bond donors (Lipinski definition) is 1. The van der Waals surface area contributed by atoms with Gasteiger partial charge in [-0.1, -0.05) is 20.8 Å². The largest absolute Gasteiger partial charge is 0.368 e. The lowest BCUT2D eigenvalue weighted by molar-refractivity contribution is -0.142. The third-order valence-corrected chi connectivity index (χ3v) is 6.56. The monoisotopic (exact) mass is 410 g/mol. The molecule has 2 saturated heterocycles. The van der Waals surface area contributed by atoms with Crippen LogP contribution in [0.3, 0.4) is 0 Å². The third-order valence-electron chi connectivity index (χ3n) is 6.56. The summed E-state index contributed by atoms with van der Waals surface area (Å²) in [4.78, 5) is 14.5. The summed E-state index contributed by atoms with van der Waals surface area (Å²) in [5.41, 5.74) is 0.630. The molecule has 0 spiro atoms. The van der Waals surface area contributed by atoms with E-state index in [9.17, 15) is 13.6 Å². The van der Waals surface area contributed by atoms with Crippen molar-refractivity contribution in [3.8, 4) is 0 Å². The van der Waals surface area contributed by atoms with Crippen LogP contribution in [0.25, 0.3) is 0 Å². The van der Waals surface area contributed by atoms with Crippen LogP contribution in [-0.2, 0) is 14.9 Å². The van der Waals surface area contributed by atoms with Gasteiger partial charge in [0.1, 0.15) is 18.0 Å². The standard InChI is InChI=1S/C21H32F2N4O2/c1-21(2,3)17-12-18-24-14(11-15(19(22)23)27(18)25-17)13-6-8-26(9-7-13)20(28)16-5-4-10-29-16/h12-16,19,24H,4-11H2,1-3H3/t14-,15+,16-/m0/s1. The number of likely N-dealkylation sites (tertiary alicyclic amines) is 1. The number of nitrogens with one attached hydrogen (secondary N) is 1. The van der Waals surface area contributed by atoms with Gasteiger partial charge in [-0.15, -0.1) is 0 Å². The lowest BCUT2D eigenvalue weighted by atomic mass is 9.84. The van der Waals surface area contributed by atoms with Gasteiger partial charge in [0.2, 0.25) is 0 Å². The smallest absolute Gasteiger partial charge is 0.260 e. The first-order chi connectivity index (χ1) is 13.7. The van der Waals surface area contributed by atoms with Crippen LogP contribution in [-0.4, -0.2) is 58.9 Å². The fraction of sp³-hybridized carbons (Fsp3) is 0.810. The Balaban J connectivity index is 1.43. The van der Waals surface area contributed by atoms with Crippen molar-refractivity contribution in [2.24, 2.45) is 5.92 Å². The number of carbonyl (C=O) groups is 1. The average molecular weight is 411 g/mol. The summed E-state index contributed by atoms with van der Waals surface area (Å²) < 4.78 is 34.7. The van der Waals surface area contributed by atoms with Gasteiger partial charge >= 0.3 is 0 Å². The van der Waals surface area contributed by atoms with E-state index < -0.39 is 12.5 Å². The van der Waals surface area contributed by atoms with Gasteiger partial charge in [0.25, 0.3) is 12.3 Å². The van der Waals surface area contributed by atoms with E-state index in [1.807, 2.05) is 31.7 Å². The molecule has 4 heterocycles. The maximum absolute atomic E-state index is 13.8. The number of piperidine rings is 1. The number of hydrogen-bond acceptors (Lipinski definition) is 4. The highest BCUT2D eigenvalue weighted by Gasteiger charge is 2.40. The van der Waals surface area contributed by atoms with Crippen molar-refractivity contribution in [2.75, 3.05) is 25.0 Å². The molecule has 1 amide bonds. The van der Waals surface area contributed by atoms with Crippen LogP contribution >= 0.6 is 0 Å². The minimum Gasteiger partial charge on any atom is -0.368 e. The fourth-order valence-corrected chi connectivity index (χ4v) is 4.75. The van der Waals surface area contributed by atoms with Crippen LogP contribution in [0.2, 0.25) is 0 Å². The number of amides is 1. The summed E-state index contributed by atoms with van der Waals surface area (Å²) in [5, 5.41) is 7.97. The van der Waals surface area contributed by atoms with Gasteiger partial charge in [-0.3, -0.25) is 4.79 Å². The molecule has 0 saturated carbocycles. The second-order valence-corrected chi connectivity index (χ2v) is 9.66. The summed E-state index contributed by atoms with van der Waals surface area (Å²) in [7, 11) is 0. The molecule has 4 rings (SSSR count). The summed E-state index contributed by atoms with van der Waals surface area (Å²) >= 11 is 0. The molecular weight excluding hydrogens is 378 g/mol. The van der Waals surface area contributed by atoms with E-state index in [2.05, 4.69) is 10.4 Å². The van der Waals surface area contributed by atoms with Crippen LogP contribution in [0.15, 0.2) is 6.07 Å². The first kappa shape index (κ1) is 20.6. The number of alkyl halides is 2. The van der Waals surface area contributed by atoms with Crippen molar-refractivity contribution >= 4 is 11.7 Å². The zero-order valence-electron chi connectivity index (χ0n) is 17.5. The molecule has 29 heavy (non-hydrogen) atoms. The highest BCUT2D eigenvalue weighted by atomic mass is 19.3. The quantitative estimate of drug-likeness (QED) is 0.827. The first-order valence-electron chi connectivity index (χ1n) is 10.8. The number of anilines is 1. The number of nitrogens with zero attached hydrogens (tertiary/aromatic N) is 3. The lowest BCUT2D eigenvalue weighted by Crippen LogP contribution is -2.48. The van der Waals surface area contributed by atoms with Gasteiger partial charge in [-0.25, -0.2) is 13.5 Å². The molecule has 162 valence electrons. The van der Waals surface area contributed by atoms with Crippen LogP contribution in [0.4, 0.5) is 14.6 Å². The zero-order valence-corrected chi connectivity index (χ0v) is 17.5.